The molecule has 1 aromatic carbocycles. The maximum absolute atomic E-state index is 12.9. The number of sulfonamides is 1. The summed E-state index contributed by atoms with van der Waals surface area (Å²) in [5, 5.41) is 4.25. The van der Waals surface area contributed by atoms with Crippen LogP contribution in [0.2, 0.25) is 0 Å². The number of aromatic nitrogens is 3. The van der Waals surface area contributed by atoms with Crippen LogP contribution < -0.4 is 11.3 Å². The highest BCUT2D eigenvalue weighted by atomic mass is 32.2. The van der Waals surface area contributed by atoms with Crippen molar-refractivity contribution >= 4 is 21.1 Å². The summed E-state index contributed by atoms with van der Waals surface area (Å²) in [6.45, 7) is 3.05. The number of aromatic amines is 1. The first kappa shape index (κ1) is 18.6. The Kier molecular flexibility index (Phi) is 4.68. The minimum atomic E-state index is -3.67. The summed E-state index contributed by atoms with van der Waals surface area (Å²) in [6.07, 6.45) is 1.29. The molecule has 1 fully saturated rings. The molecule has 10 heteroatoms. The molecule has 0 aliphatic carbocycles. The van der Waals surface area contributed by atoms with Gasteiger partial charge in [-0.3, -0.25) is 9.78 Å². The van der Waals surface area contributed by atoms with E-state index in [0.29, 0.717) is 43.6 Å². The Morgan fingerprint density at radius 2 is 1.93 bits per heavy atom. The van der Waals surface area contributed by atoms with Crippen molar-refractivity contribution in [2.45, 2.75) is 31.2 Å². The minimum absolute atomic E-state index is 0.118. The van der Waals surface area contributed by atoms with Crippen LogP contribution in [0.4, 0.5) is 0 Å². The second-order valence-corrected chi connectivity index (χ2v) is 8.95. The van der Waals surface area contributed by atoms with Crippen LogP contribution in [0.25, 0.3) is 11.1 Å². The molecule has 0 spiro atoms. The van der Waals surface area contributed by atoms with E-state index in [4.69, 9.17) is 4.42 Å². The Bertz CT molecular complexity index is 1230. The van der Waals surface area contributed by atoms with Gasteiger partial charge in [-0.1, -0.05) is 0 Å². The number of H-pyrrole nitrogens is 1. The number of piperidine rings is 1. The van der Waals surface area contributed by atoms with Crippen molar-refractivity contribution in [3.05, 3.63) is 56.9 Å². The molecule has 3 heterocycles. The maximum Gasteiger partial charge on any atom is 0.417 e. The zero-order chi connectivity index (χ0) is 19.9. The summed E-state index contributed by atoms with van der Waals surface area (Å²) in [7, 11) is -3.67. The van der Waals surface area contributed by atoms with Gasteiger partial charge >= 0.3 is 5.76 Å². The van der Waals surface area contributed by atoms with Gasteiger partial charge in [0, 0.05) is 25.7 Å². The van der Waals surface area contributed by atoms with Crippen molar-refractivity contribution < 1.29 is 12.8 Å². The molecular formula is C18H20N4O5S. The third-order valence-electron chi connectivity index (χ3n) is 5.03. The molecule has 9 nitrogen and oxygen atoms in total. The molecule has 3 aromatic rings. The van der Waals surface area contributed by atoms with Crippen molar-refractivity contribution in [2.24, 2.45) is 5.92 Å². The topological polar surface area (TPSA) is 118 Å². The fourth-order valence-corrected chi connectivity index (χ4v) is 5.00. The quantitative estimate of drug-likeness (QED) is 0.695. The molecule has 1 aliphatic rings. The highest BCUT2D eigenvalue weighted by molar-refractivity contribution is 7.89. The number of fused-ring (bicyclic) bond motifs is 1. The molecule has 28 heavy (non-hydrogen) atoms. The monoisotopic (exact) mass is 404 g/mol. The predicted molar refractivity (Wildman–Crippen MR) is 102 cm³/mol. The van der Waals surface area contributed by atoms with E-state index in [2.05, 4.69) is 10.1 Å². The predicted octanol–water partition coefficient (Wildman–Crippen LogP) is 1.09. The molecule has 0 unspecified atom stereocenters. The van der Waals surface area contributed by atoms with Gasteiger partial charge in [-0.25, -0.2) is 17.9 Å². The van der Waals surface area contributed by atoms with Crippen LogP contribution >= 0.6 is 0 Å². The van der Waals surface area contributed by atoms with Gasteiger partial charge in [0.25, 0.3) is 5.56 Å². The van der Waals surface area contributed by atoms with E-state index in [0.717, 1.165) is 5.69 Å². The molecule has 0 amide bonds. The average Bonchev–Trinajstić information content (AvgIpc) is 3.04. The summed E-state index contributed by atoms with van der Waals surface area (Å²) in [4.78, 5) is 25.8. The van der Waals surface area contributed by atoms with Crippen LogP contribution in [0.3, 0.4) is 0 Å². The molecule has 148 valence electrons. The zero-order valence-electron chi connectivity index (χ0n) is 15.3. The third-order valence-corrected chi connectivity index (χ3v) is 6.93. The lowest BCUT2D eigenvalue weighted by molar-refractivity contribution is 0.244. The van der Waals surface area contributed by atoms with Crippen molar-refractivity contribution in [1.82, 2.24) is 19.1 Å². The molecule has 1 aliphatic heterocycles. The molecule has 1 saturated heterocycles. The lowest BCUT2D eigenvalue weighted by atomic mass is 9.98. The van der Waals surface area contributed by atoms with E-state index in [1.54, 1.807) is 6.07 Å². The highest BCUT2D eigenvalue weighted by Gasteiger charge is 2.30. The zero-order valence-corrected chi connectivity index (χ0v) is 16.1. The summed E-state index contributed by atoms with van der Waals surface area (Å²) in [5.41, 5.74) is 1.29. The largest absolute Gasteiger partial charge is 0.417 e. The Morgan fingerprint density at radius 1 is 1.18 bits per heavy atom. The summed E-state index contributed by atoms with van der Waals surface area (Å²) < 4.78 is 33.7. The number of rotatable bonds is 4. The van der Waals surface area contributed by atoms with E-state index in [1.165, 1.54) is 33.3 Å². The molecule has 0 saturated carbocycles. The fourth-order valence-electron chi connectivity index (χ4n) is 3.50. The van der Waals surface area contributed by atoms with Gasteiger partial charge in [0.2, 0.25) is 10.0 Å². The SMILES string of the molecule is Cc1ccc(=O)n(CC2CCN(S(=O)(=O)c3ccc4oc(=O)[nH]c4c3)CC2)n1. The van der Waals surface area contributed by atoms with Gasteiger partial charge in [0.05, 0.1) is 16.1 Å². The van der Waals surface area contributed by atoms with Gasteiger partial charge in [-0.2, -0.15) is 9.40 Å². The van der Waals surface area contributed by atoms with Gasteiger partial charge in [-0.05, 0) is 49.9 Å². The first-order chi connectivity index (χ1) is 13.3. The van der Waals surface area contributed by atoms with E-state index < -0.39 is 15.8 Å². The molecule has 2 aromatic heterocycles. The minimum Gasteiger partial charge on any atom is -0.408 e. The average molecular weight is 404 g/mol. The summed E-state index contributed by atoms with van der Waals surface area (Å²) in [5.74, 6) is -0.434. The molecular weight excluding hydrogens is 384 g/mol. The number of hydrogen-bond acceptors (Lipinski definition) is 6. The fraction of sp³-hybridized carbons (Fsp3) is 0.389. The maximum atomic E-state index is 12.9. The molecule has 0 bridgehead atoms. The number of nitrogens with zero attached hydrogens (tertiary/aromatic N) is 3. The van der Waals surface area contributed by atoms with E-state index in [1.807, 2.05) is 6.92 Å². The molecule has 4 rings (SSSR count). The molecule has 0 radical (unpaired) electrons. The van der Waals surface area contributed by atoms with Crippen molar-refractivity contribution in [2.75, 3.05) is 13.1 Å². The van der Waals surface area contributed by atoms with E-state index in [9.17, 15) is 18.0 Å². The van der Waals surface area contributed by atoms with Crippen LogP contribution in [0.15, 0.2) is 49.2 Å². The highest BCUT2D eigenvalue weighted by Crippen LogP contribution is 2.26. The van der Waals surface area contributed by atoms with Gasteiger partial charge in [-0.15, -0.1) is 0 Å². The Hall–Kier alpha value is -2.72. The van der Waals surface area contributed by atoms with Crippen LogP contribution in [0.5, 0.6) is 0 Å². The molecule has 1 N–H and O–H groups in total. The van der Waals surface area contributed by atoms with Crippen molar-refractivity contribution in [3.8, 4) is 0 Å². The number of benzene rings is 1. The van der Waals surface area contributed by atoms with Crippen molar-refractivity contribution in [3.63, 3.8) is 0 Å². The van der Waals surface area contributed by atoms with E-state index in [-0.39, 0.29) is 16.4 Å². The lowest BCUT2D eigenvalue weighted by Gasteiger charge is -2.31. The van der Waals surface area contributed by atoms with Crippen molar-refractivity contribution in [1.29, 1.82) is 0 Å². The summed E-state index contributed by atoms with van der Waals surface area (Å²) in [6, 6.07) is 7.51. The smallest absolute Gasteiger partial charge is 0.408 e. The number of hydrogen-bond donors (Lipinski definition) is 1. The van der Waals surface area contributed by atoms with Crippen LogP contribution in [-0.2, 0) is 16.6 Å². The van der Waals surface area contributed by atoms with Gasteiger partial charge in [0.1, 0.15) is 0 Å². The number of nitrogens with one attached hydrogen (secondary N) is 1. The number of aryl methyl sites for hydroxylation is 1. The Balaban J connectivity index is 1.48. The normalized spacial score (nSPS) is 16.6. The Labute approximate surface area is 160 Å². The van der Waals surface area contributed by atoms with Gasteiger partial charge in [0.15, 0.2) is 5.58 Å². The lowest BCUT2D eigenvalue weighted by Crippen LogP contribution is -2.40. The molecule has 0 atom stereocenters. The van der Waals surface area contributed by atoms with Crippen LogP contribution in [0, 0.1) is 12.8 Å². The van der Waals surface area contributed by atoms with Crippen LogP contribution in [0.1, 0.15) is 18.5 Å². The van der Waals surface area contributed by atoms with E-state index >= 15 is 0 Å². The van der Waals surface area contributed by atoms with Gasteiger partial charge < -0.3 is 4.42 Å². The standard InChI is InChI=1S/C18H20N4O5S/c1-12-2-5-17(23)22(20-12)11-13-6-8-21(9-7-13)28(25,26)14-3-4-16-15(10-14)19-18(24)27-16/h2-5,10,13H,6-9,11H2,1H3,(H,19,24). The van der Waals surface area contributed by atoms with Crippen LogP contribution in [-0.4, -0.2) is 40.6 Å². The third kappa shape index (κ3) is 3.52. The first-order valence-electron chi connectivity index (χ1n) is 9.01. The second kappa shape index (κ2) is 7.02. The summed E-state index contributed by atoms with van der Waals surface area (Å²) >= 11 is 0. The first-order valence-corrected chi connectivity index (χ1v) is 10.4. The Morgan fingerprint density at radius 3 is 2.68 bits per heavy atom. The second-order valence-electron chi connectivity index (χ2n) is 7.02. The number of oxazole rings is 1.